The average Bonchev–Trinajstić information content (AvgIpc) is 2.43. The molecule has 1 aliphatic carbocycles. The van der Waals surface area contributed by atoms with E-state index in [-0.39, 0.29) is 0 Å². The molecule has 1 unspecified atom stereocenters. The third-order valence-electron chi connectivity index (χ3n) is 2.88. The molecule has 1 aromatic heterocycles. The Kier molecular flexibility index (Phi) is 2.74. The van der Waals surface area contributed by atoms with Crippen LogP contribution in [0.4, 0.5) is 0 Å². The smallest absolute Gasteiger partial charge is 0.169 e. The molecule has 2 rings (SSSR count). The standard InChI is InChI=1S/C10H14BrNO/c1-12-10(7-3-2-4-7)8-5-9(11)13-6-8/h5-7,10,12H,2-4H2,1H3. The molecule has 0 saturated heterocycles. The molecule has 1 atom stereocenters. The van der Waals surface area contributed by atoms with E-state index in [1.165, 1.54) is 24.8 Å². The molecule has 72 valence electrons. The van der Waals surface area contributed by atoms with Gasteiger partial charge in [-0.15, -0.1) is 0 Å². The van der Waals surface area contributed by atoms with Crippen LogP contribution in [0.2, 0.25) is 0 Å². The van der Waals surface area contributed by atoms with Gasteiger partial charge < -0.3 is 9.73 Å². The van der Waals surface area contributed by atoms with E-state index in [2.05, 4.69) is 27.3 Å². The van der Waals surface area contributed by atoms with Gasteiger partial charge in [0.25, 0.3) is 0 Å². The first kappa shape index (κ1) is 9.28. The first-order chi connectivity index (χ1) is 6.31. The Hall–Kier alpha value is -0.280. The lowest BCUT2D eigenvalue weighted by molar-refractivity contribution is 0.238. The second-order valence-corrected chi connectivity index (χ2v) is 4.42. The van der Waals surface area contributed by atoms with E-state index < -0.39 is 0 Å². The van der Waals surface area contributed by atoms with Crippen molar-refractivity contribution >= 4 is 15.9 Å². The van der Waals surface area contributed by atoms with E-state index in [1.807, 2.05) is 13.3 Å². The summed E-state index contributed by atoms with van der Waals surface area (Å²) in [5.41, 5.74) is 1.26. The number of halogens is 1. The first-order valence-corrected chi connectivity index (χ1v) is 5.52. The predicted octanol–water partition coefficient (Wildman–Crippen LogP) is 3.10. The van der Waals surface area contributed by atoms with Crippen molar-refractivity contribution in [3.63, 3.8) is 0 Å². The maximum absolute atomic E-state index is 5.24. The third kappa shape index (κ3) is 1.81. The molecule has 13 heavy (non-hydrogen) atoms. The average molecular weight is 244 g/mol. The number of furan rings is 1. The highest BCUT2D eigenvalue weighted by Gasteiger charge is 2.28. The van der Waals surface area contributed by atoms with Gasteiger partial charge in [0.15, 0.2) is 4.67 Å². The van der Waals surface area contributed by atoms with Gasteiger partial charge in [0, 0.05) is 11.6 Å². The summed E-state index contributed by atoms with van der Waals surface area (Å²) in [6.07, 6.45) is 5.90. The van der Waals surface area contributed by atoms with Crippen LogP contribution in [-0.2, 0) is 0 Å². The van der Waals surface area contributed by atoms with Crippen LogP contribution in [0.15, 0.2) is 21.4 Å². The number of nitrogens with one attached hydrogen (secondary N) is 1. The molecular formula is C10H14BrNO. The van der Waals surface area contributed by atoms with E-state index in [9.17, 15) is 0 Å². The van der Waals surface area contributed by atoms with Crippen LogP contribution >= 0.6 is 15.9 Å². The largest absolute Gasteiger partial charge is 0.457 e. The maximum Gasteiger partial charge on any atom is 0.169 e. The summed E-state index contributed by atoms with van der Waals surface area (Å²) >= 11 is 3.32. The Morgan fingerprint density at radius 2 is 2.38 bits per heavy atom. The van der Waals surface area contributed by atoms with E-state index in [1.54, 1.807) is 0 Å². The van der Waals surface area contributed by atoms with Crippen molar-refractivity contribution < 1.29 is 4.42 Å². The Bertz CT molecular complexity index is 280. The third-order valence-corrected chi connectivity index (χ3v) is 3.29. The Balaban J connectivity index is 2.11. The van der Waals surface area contributed by atoms with Crippen molar-refractivity contribution in [2.45, 2.75) is 25.3 Å². The van der Waals surface area contributed by atoms with Gasteiger partial charge in [-0.25, -0.2) is 0 Å². The molecule has 1 heterocycles. The number of rotatable bonds is 3. The van der Waals surface area contributed by atoms with Crippen LogP contribution in [0.3, 0.4) is 0 Å². The van der Waals surface area contributed by atoms with Gasteiger partial charge in [0.2, 0.25) is 0 Å². The topological polar surface area (TPSA) is 25.2 Å². The predicted molar refractivity (Wildman–Crippen MR) is 55.5 cm³/mol. The molecule has 1 saturated carbocycles. The van der Waals surface area contributed by atoms with Gasteiger partial charge in [-0.2, -0.15) is 0 Å². The second-order valence-electron chi connectivity index (χ2n) is 3.64. The molecule has 1 N–H and O–H groups in total. The molecule has 0 bridgehead atoms. The highest BCUT2D eigenvalue weighted by atomic mass is 79.9. The molecule has 3 heteroatoms. The molecule has 0 amide bonds. The summed E-state index contributed by atoms with van der Waals surface area (Å²) in [5.74, 6) is 0.800. The van der Waals surface area contributed by atoms with E-state index in [4.69, 9.17) is 4.42 Å². The normalized spacial score (nSPS) is 19.8. The van der Waals surface area contributed by atoms with Crippen LogP contribution in [0.25, 0.3) is 0 Å². The van der Waals surface area contributed by atoms with E-state index in [0.29, 0.717) is 6.04 Å². The summed E-state index contributed by atoms with van der Waals surface area (Å²) in [6, 6.07) is 2.53. The maximum atomic E-state index is 5.24. The lowest BCUT2D eigenvalue weighted by Crippen LogP contribution is -2.29. The lowest BCUT2D eigenvalue weighted by atomic mass is 9.78. The van der Waals surface area contributed by atoms with E-state index in [0.717, 1.165) is 10.6 Å². The van der Waals surface area contributed by atoms with Gasteiger partial charge in [-0.1, -0.05) is 6.42 Å². The quantitative estimate of drug-likeness (QED) is 0.883. The Morgan fingerprint density at radius 3 is 2.77 bits per heavy atom. The summed E-state index contributed by atoms with van der Waals surface area (Å²) in [4.78, 5) is 0. The van der Waals surface area contributed by atoms with Crippen LogP contribution < -0.4 is 5.32 Å². The minimum atomic E-state index is 0.476. The molecule has 1 aromatic rings. The highest BCUT2D eigenvalue weighted by Crippen LogP contribution is 2.38. The molecule has 1 aliphatic rings. The second kappa shape index (κ2) is 3.84. The van der Waals surface area contributed by atoms with Gasteiger partial charge in [-0.05, 0) is 47.8 Å². The van der Waals surface area contributed by atoms with Crippen molar-refractivity contribution in [2.75, 3.05) is 7.05 Å². The zero-order valence-corrected chi connectivity index (χ0v) is 9.30. The fraction of sp³-hybridized carbons (Fsp3) is 0.600. The van der Waals surface area contributed by atoms with Crippen LogP contribution in [-0.4, -0.2) is 7.05 Å². The Morgan fingerprint density at radius 1 is 1.62 bits per heavy atom. The fourth-order valence-corrected chi connectivity index (χ4v) is 2.29. The van der Waals surface area contributed by atoms with Crippen molar-refractivity contribution in [3.05, 3.63) is 22.6 Å². The zero-order chi connectivity index (χ0) is 9.26. The van der Waals surface area contributed by atoms with Crippen molar-refractivity contribution in [3.8, 4) is 0 Å². The number of hydrogen-bond donors (Lipinski definition) is 1. The monoisotopic (exact) mass is 243 g/mol. The molecule has 0 aliphatic heterocycles. The Labute approximate surface area is 86.8 Å². The summed E-state index contributed by atoms with van der Waals surface area (Å²) in [7, 11) is 2.02. The lowest BCUT2D eigenvalue weighted by Gasteiger charge is -2.32. The van der Waals surface area contributed by atoms with Gasteiger partial charge in [0.05, 0.1) is 6.26 Å². The molecule has 2 nitrogen and oxygen atoms in total. The molecule has 0 radical (unpaired) electrons. The van der Waals surface area contributed by atoms with Crippen LogP contribution in [0, 0.1) is 5.92 Å². The highest BCUT2D eigenvalue weighted by molar-refractivity contribution is 9.10. The van der Waals surface area contributed by atoms with Crippen LogP contribution in [0.1, 0.15) is 30.9 Å². The summed E-state index contributed by atoms with van der Waals surface area (Å²) in [5, 5.41) is 3.35. The molecule has 0 spiro atoms. The first-order valence-electron chi connectivity index (χ1n) is 4.72. The number of hydrogen-bond acceptors (Lipinski definition) is 2. The molecule has 0 aromatic carbocycles. The summed E-state index contributed by atoms with van der Waals surface area (Å²) in [6.45, 7) is 0. The van der Waals surface area contributed by atoms with Crippen molar-refractivity contribution in [2.24, 2.45) is 5.92 Å². The van der Waals surface area contributed by atoms with Crippen molar-refractivity contribution in [1.29, 1.82) is 0 Å². The fourth-order valence-electron chi connectivity index (χ4n) is 1.93. The minimum Gasteiger partial charge on any atom is -0.457 e. The van der Waals surface area contributed by atoms with Gasteiger partial charge >= 0.3 is 0 Å². The zero-order valence-electron chi connectivity index (χ0n) is 7.72. The van der Waals surface area contributed by atoms with Gasteiger partial charge in [0.1, 0.15) is 0 Å². The minimum absolute atomic E-state index is 0.476. The molecule has 1 fully saturated rings. The van der Waals surface area contributed by atoms with E-state index >= 15 is 0 Å². The van der Waals surface area contributed by atoms with Crippen LogP contribution in [0.5, 0.6) is 0 Å². The summed E-state index contributed by atoms with van der Waals surface area (Å²) < 4.78 is 6.06. The van der Waals surface area contributed by atoms with Crippen molar-refractivity contribution in [1.82, 2.24) is 5.32 Å². The molecular weight excluding hydrogens is 230 g/mol. The van der Waals surface area contributed by atoms with Gasteiger partial charge in [-0.3, -0.25) is 0 Å². The SMILES string of the molecule is CNC(c1coc(Br)c1)C1CCC1.